The van der Waals surface area contributed by atoms with E-state index in [1.54, 1.807) is 0 Å². The van der Waals surface area contributed by atoms with Crippen molar-refractivity contribution in [2.75, 3.05) is 0 Å². The van der Waals surface area contributed by atoms with E-state index in [0.717, 1.165) is 18.3 Å². The molecule has 1 heteroatoms. The minimum Gasteiger partial charge on any atom is -0.193 e. The molecule has 0 heterocycles. The summed E-state index contributed by atoms with van der Waals surface area (Å²) in [7, 11) is 0. The van der Waals surface area contributed by atoms with Crippen LogP contribution in [0.2, 0.25) is 0 Å². The van der Waals surface area contributed by atoms with Crippen LogP contribution >= 0.6 is 0 Å². The lowest BCUT2D eigenvalue weighted by atomic mass is 9.78. The van der Waals surface area contributed by atoms with E-state index in [2.05, 4.69) is 37.3 Å². The quantitative estimate of drug-likeness (QED) is 0.226. The van der Waals surface area contributed by atoms with Gasteiger partial charge in [-0.3, -0.25) is 0 Å². The van der Waals surface area contributed by atoms with E-state index < -0.39 is 0 Å². The Morgan fingerprint density at radius 1 is 0.889 bits per heavy atom. The molecular formula is C26H37N. The van der Waals surface area contributed by atoms with Crippen LogP contribution < -0.4 is 0 Å². The monoisotopic (exact) mass is 363 g/mol. The van der Waals surface area contributed by atoms with Gasteiger partial charge in [0, 0.05) is 6.08 Å². The zero-order valence-corrected chi connectivity index (χ0v) is 17.2. The van der Waals surface area contributed by atoms with Gasteiger partial charge in [0.15, 0.2) is 0 Å². The number of nitrogens with zero attached hydrogens (tertiary/aromatic N) is 1. The van der Waals surface area contributed by atoms with E-state index in [4.69, 9.17) is 5.26 Å². The fourth-order valence-electron chi connectivity index (χ4n) is 4.24. The van der Waals surface area contributed by atoms with Gasteiger partial charge in [0.2, 0.25) is 0 Å². The van der Waals surface area contributed by atoms with Crippen molar-refractivity contribution in [3.05, 3.63) is 59.7 Å². The van der Waals surface area contributed by atoms with E-state index in [9.17, 15) is 0 Å². The van der Waals surface area contributed by atoms with Crippen molar-refractivity contribution in [1.82, 2.24) is 0 Å². The van der Waals surface area contributed by atoms with Gasteiger partial charge >= 0.3 is 0 Å². The topological polar surface area (TPSA) is 23.8 Å². The third-order valence-corrected chi connectivity index (χ3v) is 6.06. The lowest BCUT2D eigenvalue weighted by molar-refractivity contribution is 0.254. The van der Waals surface area contributed by atoms with Crippen molar-refractivity contribution < 1.29 is 0 Å². The fraction of sp³-hybridized carbons (Fsp3) is 0.577. The van der Waals surface area contributed by atoms with Crippen LogP contribution in [-0.4, -0.2) is 0 Å². The maximum absolute atomic E-state index is 8.45. The van der Waals surface area contributed by atoms with Crippen molar-refractivity contribution in [1.29, 1.82) is 5.26 Å². The molecular weight excluding hydrogens is 326 g/mol. The first kappa shape index (κ1) is 21.5. The Balaban J connectivity index is 1.59. The molecule has 2 rings (SSSR count). The molecule has 0 aromatic heterocycles. The highest BCUT2D eigenvalue weighted by atomic mass is 14.3. The number of benzene rings is 1. The van der Waals surface area contributed by atoms with Crippen molar-refractivity contribution in [2.24, 2.45) is 11.8 Å². The lowest BCUT2D eigenvalue weighted by Crippen LogP contribution is -2.15. The molecule has 1 aliphatic carbocycles. The SMILES string of the molecule is CCCCCc1ccc(CCC2CCC(CC/C=C/C=C/C#N)CC2)cc1. The summed E-state index contributed by atoms with van der Waals surface area (Å²) in [5, 5.41) is 8.45. The number of rotatable bonds is 11. The molecule has 0 radical (unpaired) electrons. The highest BCUT2D eigenvalue weighted by Crippen LogP contribution is 2.34. The van der Waals surface area contributed by atoms with E-state index in [1.165, 1.54) is 87.8 Å². The minimum absolute atomic E-state index is 0.910. The normalized spacial score (nSPS) is 20.3. The second kappa shape index (κ2) is 13.4. The molecule has 1 fully saturated rings. The van der Waals surface area contributed by atoms with Crippen LogP contribution in [-0.2, 0) is 12.8 Å². The molecule has 0 saturated heterocycles. The fourth-order valence-corrected chi connectivity index (χ4v) is 4.24. The predicted octanol–water partition coefficient (Wildman–Crippen LogP) is 7.57. The smallest absolute Gasteiger partial charge is 0.0912 e. The highest BCUT2D eigenvalue weighted by Gasteiger charge is 2.20. The molecule has 1 saturated carbocycles. The lowest BCUT2D eigenvalue weighted by Gasteiger charge is -2.28. The summed E-state index contributed by atoms with van der Waals surface area (Å²) in [5.74, 6) is 1.84. The van der Waals surface area contributed by atoms with Crippen molar-refractivity contribution in [2.45, 2.75) is 84.0 Å². The summed E-state index contributed by atoms with van der Waals surface area (Å²) < 4.78 is 0. The number of nitriles is 1. The number of aryl methyl sites for hydroxylation is 2. The van der Waals surface area contributed by atoms with Crippen LogP contribution in [0.1, 0.15) is 82.3 Å². The molecule has 1 aromatic rings. The summed E-state index contributed by atoms with van der Waals surface area (Å²) in [5.41, 5.74) is 3.02. The third kappa shape index (κ3) is 9.09. The Hall–Kier alpha value is -1.81. The van der Waals surface area contributed by atoms with Gasteiger partial charge in [-0.1, -0.05) is 87.9 Å². The van der Waals surface area contributed by atoms with E-state index in [1.807, 2.05) is 18.2 Å². The van der Waals surface area contributed by atoms with Gasteiger partial charge in [-0.2, -0.15) is 5.26 Å². The first-order valence-corrected chi connectivity index (χ1v) is 11.1. The Morgan fingerprint density at radius 3 is 2.15 bits per heavy atom. The summed E-state index contributed by atoms with van der Waals surface area (Å²) in [6.07, 6.45) is 23.5. The summed E-state index contributed by atoms with van der Waals surface area (Å²) in [4.78, 5) is 0. The standard InChI is InChI=1S/C26H37N/c1-2-3-7-10-23-12-16-25(17-13-23)20-21-26-18-14-24(15-19-26)11-8-5-4-6-9-22-27/h4-6,9,12-13,16-17,24,26H,2-3,7-8,10-11,14-15,18-21H2,1H3/b5-4+,9-6+. The first-order valence-electron chi connectivity index (χ1n) is 11.1. The van der Waals surface area contributed by atoms with Gasteiger partial charge in [0.1, 0.15) is 0 Å². The maximum atomic E-state index is 8.45. The van der Waals surface area contributed by atoms with E-state index >= 15 is 0 Å². The summed E-state index contributed by atoms with van der Waals surface area (Å²) in [6, 6.07) is 11.4. The molecule has 0 aliphatic heterocycles. The van der Waals surface area contributed by atoms with Gasteiger partial charge in [-0.05, 0) is 61.5 Å². The molecule has 1 aliphatic rings. The van der Waals surface area contributed by atoms with Crippen molar-refractivity contribution in [3.8, 4) is 6.07 Å². The maximum Gasteiger partial charge on any atom is 0.0912 e. The number of allylic oxidation sites excluding steroid dienone is 4. The van der Waals surface area contributed by atoms with Crippen LogP contribution in [0.4, 0.5) is 0 Å². The molecule has 0 bridgehead atoms. The molecule has 27 heavy (non-hydrogen) atoms. The number of hydrogen-bond donors (Lipinski definition) is 0. The Kier molecular flexibility index (Phi) is 10.6. The average molecular weight is 364 g/mol. The van der Waals surface area contributed by atoms with Crippen LogP contribution in [0.15, 0.2) is 48.6 Å². The Morgan fingerprint density at radius 2 is 1.52 bits per heavy atom. The average Bonchev–Trinajstić information content (AvgIpc) is 2.71. The molecule has 0 atom stereocenters. The van der Waals surface area contributed by atoms with Gasteiger partial charge < -0.3 is 0 Å². The second-order valence-electron chi connectivity index (χ2n) is 8.19. The first-order chi connectivity index (χ1) is 13.3. The Labute approximate surface area is 167 Å². The number of unbranched alkanes of at least 4 members (excludes halogenated alkanes) is 2. The Bertz CT molecular complexity index is 594. The van der Waals surface area contributed by atoms with Crippen LogP contribution in [0, 0.1) is 23.2 Å². The van der Waals surface area contributed by atoms with Gasteiger partial charge in [0.25, 0.3) is 0 Å². The van der Waals surface area contributed by atoms with Crippen molar-refractivity contribution >= 4 is 0 Å². The molecule has 146 valence electrons. The molecule has 0 spiro atoms. The van der Waals surface area contributed by atoms with Crippen LogP contribution in [0.3, 0.4) is 0 Å². The third-order valence-electron chi connectivity index (χ3n) is 6.06. The summed E-state index contributed by atoms with van der Waals surface area (Å²) >= 11 is 0. The predicted molar refractivity (Wildman–Crippen MR) is 117 cm³/mol. The molecule has 1 aromatic carbocycles. The van der Waals surface area contributed by atoms with Crippen LogP contribution in [0.25, 0.3) is 0 Å². The minimum atomic E-state index is 0.910. The van der Waals surface area contributed by atoms with E-state index in [-0.39, 0.29) is 0 Å². The highest BCUT2D eigenvalue weighted by molar-refractivity contribution is 5.22. The summed E-state index contributed by atoms with van der Waals surface area (Å²) in [6.45, 7) is 2.27. The van der Waals surface area contributed by atoms with E-state index in [0.29, 0.717) is 0 Å². The van der Waals surface area contributed by atoms with Gasteiger partial charge in [-0.25, -0.2) is 0 Å². The molecule has 0 unspecified atom stereocenters. The zero-order chi connectivity index (χ0) is 19.2. The molecule has 0 N–H and O–H groups in total. The van der Waals surface area contributed by atoms with Crippen molar-refractivity contribution in [3.63, 3.8) is 0 Å². The molecule has 1 nitrogen and oxygen atoms in total. The number of hydrogen-bond acceptors (Lipinski definition) is 1. The zero-order valence-electron chi connectivity index (χ0n) is 17.2. The van der Waals surface area contributed by atoms with Gasteiger partial charge in [-0.15, -0.1) is 0 Å². The van der Waals surface area contributed by atoms with Crippen LogP contribution in [0.5, 0.6) is 0 Å². The van der Waals surface area contributed by atoms with Gasteiger partial charge in [0.05, 0.1) is 6.07 Å². The molecule has 0 amide bonds. The largest absolute Gasteiger partial charge is 0.193 e. The second-order valence-corrected chi connectivity index (χ2v) is 8.19.